The van der Waals surface area contributed by atoms with E-state index in [1.54, 1.807) is 0 Å². The highest BCUT2D eigenvalue weighted by Crippen LogP contribution is 2.33. The van der Waals surface area contributed by atoms with Gasteiger partial charge in [0.05, 0.1) is 12.2 Å². The highest BCUT2D eigenvalue weighted by Gasteiger charge is 2.33. The zero-order valence-corrected chi connectivity index (χ0v) is 21.9. The van der Waals surface area contributed by atoms with Crippen molar-refractivity contribution in [3.8, 4) is 0 Å². The van der Waals surface area contributed by atoms with Crippen molar-refractivity contribution in [2.75, 3.05) is 11.4 Å². The van der Waals surface area contributed by atoms with Crippen LogP contribution in [-0.4, -0.2) is 15.9 Å². The molecule has 4 heteroatoms. The van der Waals surface area contributed by atoms with Crippen molar-refractivity contribution in [2.24, 2.45) is 4.99 Å². The number of amidine groups is 1. The summed E-state index contributed by atoms with van der Waals surface area (Å²) in [6, 6.07) is 19.3. The Balaban J connectivity index is 1.90. The van der Waals surface area contributed by atoms with Crippen molar-refractivity contribution in [3.63, 3.8) is 0 Å². The molecule has 0 radical (unpaired) electrons. The molecule has 0 N–H and O–H groups in total. The number of benzene rings is 3. The summed E-state index contributed by atoms with van der Waals surface area (Å²) >= 11 is 0. The van der Waals surface area contributed by atoms with Crippen LogP contribution in [0.15, 0.2) is 64.5 Å². The van der Waals surface area contributed by atoms with Gasteiger partial charge in [0.15, 0.2) is 0 Å². The third-order valence-electron chi connectivity index (χ3n) is 6.39. The fourth-order valence-corrected chi connectivity index (χ4v) is 5.81. The van der Waals surface area contributed by atoms with Gasteiger partial charge in [-0.25, -0.2) is 9.20 Å². The zero-order chi connectivity index (χ0) is 24.4. The van der Waals surface area contributed by atoms with Gasteiger partial charge in [0.25, 0.3) is 0 Å². The van der Waals surface area contributed by atoms with Crippen molar-refractivity contribution in [1.82, 2.24) is 0 Å². The lowest BCUT2D eigenvalue weighted by Gasteiger charge is -2.19. The van der Waals surface area contributed by atoms with Crippen LogP contribution >= 0.6 is 0 Å². The molecule has 1 aliphatic heterocycles. The first-order chi connectivity index (χ1) is 16.3. The highest BCUT2D eigenvalue weighted by molar-refractivity contribution is 8.05. The molecule has 3 nitrogen and oxygen atoms in total. The summed E-state index contributed by atoms with van der Waals surface area (Å²) in [7, 11) is -1.34. The third-order valence-corrected chi connectivity index (χ3v) is 7.76. The van der Waals surface area contributed by atoms with Gasteiger partial charge in [-0.1, -0.05) is 61.9 Å². The molecule has 1 aliphatic rings. The van der Waals surface area contributed by atoms with Gasteiger partial charge in [-0.3, -0.25) is 0 Å². The van der Waals surface area contributed by atoms with Crippen molar-refractivity contribution in [2.45, 2.75) is 54.4 Å². The highest BCUT2D eigenvalue weighted by atomic mass is 32.2. The number of para-hydroxylation sites is 1. The van der Waals surface area contributed by atoms with Gasteiger partial charge in [0, 0.05) is 10.6 Å². The van der Waals surface area contributed by atoms with Crippen LogP contribution in [0, 0.1) is 27.7 Å². The van der Waals surface area contributed by atoms with Crippen LogP contribution in [0.5, 0.6) is 0 Å². The molecule has 1 heterocycles. The average molecular weight is 471 g/mol. The summed E-state index contributed by atoms with van der Waals surface area (Å²) in [5, 5.41) is 0.622. The number of hydrogen-bond donors (Lipinski definition) is 0. The molecular formula is C30H34N2OS. The number of anilines is 1. The van der Waals surface area contributed by atoms with E-state index in [-0.39, 0.29) is 0 Å². The first-order valence-electron chi connectivity index (χ1n) is 12.1. The molecule has 3 aromatic carbocycles. The van der Waals surface area contributed by atoms with Crippen molar-refractivity contribution < 1.29 is 4.21 Å². The Labute approximate surface area is 206 Å². The summed E-state index contributed by atoms with van der Waals surface area (Å²) < 4.78 is 13.9. The summed E-state index contributed by atoms with van der Waals surface area (Å²) in [5.74, 6) is 0. The SMILES string of the molecule is CCc1cccc(CC)c1N=C1N(c2cc(C)cc(C)c2)CC(=Cc2cc(C)ccc2C)S1=O. The lowest BCUT2D eigenvalue weighted by Crippen LogP contribution is -2.26. The van der Waals surface area contributed by atoms with E-state index in [2.05, 4.69) is 107 Å². The summed E-state index contributed by atoms with van der Waals surface area (Å²) in [6.07, 6.45) is 3.88. The Bertz CT molecular complexity index is 1280. The molecule has 176 valence electrons. The topological polar surface area (TPSA) is 32.7 Å². The van der Waals surface area contributed by atoms with E-state index >= 15 is 0 Å². The van der Waals surface area contributed by atoms with Gasteiger partial charge >= 0.3 is 0 Å². The van der Waals surface area contributed by atoms with Gasteiger partial charge in [0.1, 0.15) is 10.8 Å². The van der Waals surface area contributed by atoms with Crippen LogP contribution in [0.25, 0.3) is 6.08 Å². The second-order valence-corrected chi connectivity index (χ2v) is 10.6. The van der Waals surface area contributed by atoms with E-state index in [0.717, 1.165) is 34.7 Å². The standard InChI is InChI=1S/C30H34N2OS/c1-7-24-10-9-11-25(8-2)29(24)31-30-32(27-16-21(4)14-22(5)17-27)19-28(34(30)33)18-26-15-20(3)12-13-23(26)6/h9-18H,7-8,19H2,1-6H3. The first-order valence-corrected chi connectivity index (χ1v) is 13.2. The van der Waals surface area contributed by atoms with Gasteiger partial charge in [-0.15, -0.1) is 0 Å². The second-order valence-electron chi connectivity index (χ2n) is 9.20. The number of rotatable bonds is 5. The van der Waals surface area contributed by atoms with Crippen LogP contribution in [0.4, 0.5) is 11.4 Å². The molecule has 34 heavy (non-hydrogen) atoms. The van der Waals surface area contributed by atoms with Crippen LogP contribution in [0.3, 0.4) is 0 Å². The fraction of sp³-hybridized carbons (Fsp3) is 0.300. The maximum atomic E-state index is 13.9. The van der Waals surface area contributed by atoms with Gasteiger partial charge in [0.2, 0.25) is 5.17 Å². The van der Waals surface area contributed by atoms with Gasteiger partial charge < -0.3 is 4.90 Å². The molecule has 0 saturated carbocycles. The molecular weight excluding hydrogens is 436 g/mol. The van der Waals surface area contributed by atoms with E-state index < -0.39 is 10.8 Å². The lowest BCUT2D eigenvalue weighted by molar-refractivity contribution is 0.694. The van der Waals surface area contributed by atoms with Crippen LogP contribution < -0.4 is 4.90 Å². The van der Waals surface area contributed by atoms with Crippen molar-refractivity contribution in [1.29, 1.82) is 0 Å². The third kappa shape index (κ3) is 4.92. The molecule has 1 atom stereocenters. The van der Waals surface area contributed by atoms with Gasteiger partial charge in [-0.2, -0.15) is 0 Å². The fourth-order valence-electron chi connectivity index (χ4n) is 4.55. The first kappa shape index (κ1) is 24.2. The summed E-state index contributed by atoms with van der Waals surface area (Å²) in [6.45, 7) is 13.3. The van der Waals surface area contributed by atoms with E-state index in [4.69, 9.17) is 4.99 Å². The normalized spacial score (nSPS) is 18.3. The molecule has 3 aromatic rings. The number of aliphatic imine (C=N–C) groups is 1. The minimum Gasteiger partial charge on any atom is -0.314 e. The Morgan fingerprint density at radius 2 is 1.53 bits per heavy atom. The molecule has 1 fully saturated rings. The van der Waals surface area contributed by atoms with E-state index in [1.807, 2.05) is 0 Å². The molecule has 4 rings (SSSR count). The number of aryl methyl sites for hydroxylation is 6. The minimum atomic E-state index is -1.34. The minimum absolute atomic E-state index is 0.567. The Kier molecular flexibility index (Phi) is 7.18. The van der Waals surface area contributed by atoms with Crippen LogP contribution in [0.1, 0.15) is 52.8 Å². The van der Waals surface area contributed by atoms with E-state index in [9.17, 15) is 4.21 Å². The van der Waals surface area contributed by atoms with Crippen LogP contribution in [-0.2, 0) is 23.6 Å². The molecule has 0 aliphatic carbocycles. The van der Waals surface area contributed by atoms with E-state index in [1.165, 1.54) is 33.4 Å². The summed E-state index contributed by atoms with van der Waals surface area (Å²) in [5.41, 5.74) is 10.3. The zero-order valence-electron chi connectivity index (χ0n) is 21.1. The number of nitrogens with zero attached hydrogens (tertiary/aromatic N) is 2. The maximum Gasteiger partial charge on any atom is 0.205 e. The molecule has 1 unspecified atom stereocenters. The van der Waals surface area contributed by atoms with Crippen LogP contribution in [0.2, 0.25) is 0 Å². The molecule has 1 saturated heterocycles. The predicted molar refractivity (Wildman–Crippen MR) is 148 cm³/mol. The second kappa shape index (κ2) is 10.1. The molecule has 0 aromatic heterocycles. The lowest BCUT2D eigenvalue weighted by atomic mass is 10.0. The van der Waals surface area contributed by atoms with E-state index in [0.29, 0.717) is 11.7 Å². The van der Waals surface area contributed by atoms with Crippen molar-refractivity contribution in [3.05, 3.63) is 98.4 Å². The quantitative estimate of drug-likeness (QED) is 0.391. The van der Waals surface area contributed by atoms with Gasteiger partial charge in [-0.05, 0) is 92.1 Å². The smallest absolute Gasteiger partial charge is 0.205 e. The Hall–Kier alpha value is -2.98. The average Bonchev–Trinajstić information content (AvgIpc) is 3.11. The summed E-state index contributed by atoms with van der Waals surface area (Å²) in [4.78, 5) is 8.16. The van der Waals surface area contributed by atoms with Crippen molar-refractivity contribution >= 4 is 33.4 Å². The molecule has 0 bridgehead atoms. The Morgan fingerprint density at radius 1 is 0.882 bits per heavy atom. The largest absolute Gasteiger partial charge is 0.314 e. The maximum absolute atomic E-state index is 13.9. The predicted octanol–water partition coefficient (Wildman–Crippen LogP) is 7.34. The Morgan fingerprint density at radius 3 is 2.15 bits per heavy atom. The number of hydrogen-bond acceptors (Lipinski definition) is 2. The molecule has 0 amide bonds. The molecule has 0 spiro atoms. The monoisotopic (exact) mass is 470 g/mol.